The Kier molecular flexibility index (Phi) is 7.04. The highest BCUT2D eigenvalue weighted by Gasteiger charge is 2.30. The number of hydrogen-bond donors (Lipinski definition) is 2. The molecule has 0 aliphatic rings. The van der Waals surface area contributed by atoms with E-state index in [9.17, 15) is 30.8 Å². The zero-order chi connectivity index (χ0) is 25.9. The van der Waals surface area contributed by atoms with Gasteiger partial charge in [-0.3, -0.25) is 10.1 Å². The second kappa shape index (κ2) is 10.0. The van der Waals surface area contributed by atoms with Crippen molar-refractivity contribution in [2.75, 3.05) is 12.4 Å². The van der Waals surface area contributed by atoms with Gasteiger partial charge in [0.15, 0.2) is 0 Å². The van der Waals surface area contributed by atoms with E-state index in [1.54, 1.807) is 0 Å². The average Bonchev–Trinajstić information content (AvgIpc) is 3.27. The zero-order valence-corrected chi connectivity index (χ0v) is 19.2. The van der Waals surface area contributed by atoms with Gasteiger partial charge in [-0.25, -0.2) is 22.8 Å². The van der Waals surface area contributed by atoms with Gasteiger partial charge in [-0.1, -0.05) is 12.1 Å². The molecule has 13 heteroatoms. The number of furan rings is 1. The van der Waals surface area contributed by atoms with Crippen LogP contribution in [0, 0.1) is 5.82 Å². The first kappa shape index (κ1) is 25.3. The van der Waals surface area contributed by atoms with Gasteiger partial charge in [-0.2, -0.15) is 13.2 Å². The first-order valence-electron chi connectivity index (χ1n) is 10.4. The SMILES string of the molecule is O=C(CNCS(=O)(=O)c1cc2cc(F)ccc2o1)NCc1cc(-c2ccc(C(F)(F)F)cc2)ncn1. The summed E-state index contributed by atoms with van der Waals surface area (Å²) >= 11 is 0. The van der Waals surface area contributed by atoms with Crippen molar-refractivity contribution < 1.29 is 35.2 Å². The summed E-state index contributed by atoms with van der Waals surface area (Å²) < 4.78 is 81.6. The summed E-state index contributed by atoms with van der Waals surface area (Å²) in [4.78, 5) is 20.2. The van der Waals surface area contributed by atoms with E-state index >= 15 is 0 Å². The van der Waals surface area contributed by atoms with Crippen molar-refractivity contribution in [3.8, 4) is 11.3 Å². The van der Waals surface area contributed by atoms with Crippen LogP contribution in [0.2, 0.25) is 0 Å². The molecule has 4 rings (SSSR count). The van der Waals surface area contributed by atoms with Crippen molar-refractivity contribution in [3.63, 3.8) is 0 Å². The lowest BCUT2D eigenvalue weighted by Gasteiger charge is -2.09. The molecule has 0 saturated heterocycles. The first-order valence-corrected chi connectivity index (χ1v) is 12.0. The molecule has 0 atom stereocenters. The van der Waals surface area contributed by atoms with Crippen molar-refractivity contribution >= 4 is 26.7 Å². The number of hydrogen-bond acceptors (Lipinski definition) is 7. The van der Waals surface area contributed by atoms with E-state index in [-0.39, 0.29) is 23.8 Å². The normalized spacial score (nSPS) is 12.1. The van der Waals surface area contributed by atoms with Crippen molar-refractivity contribution in [1.82, 2.24) is 20.6 Å². The molecule has 0 aliphatic heterocycles. The third-order valence-corrected chi connectivity index (χ3v) is 6.44. The highest BCUT2D eigenvalue weighted by molar-refractivity contribution is 7.91. The fourth-order valence-corrected chi connectivity index (χ4v) is 4.28. The predicted molar refractivity (Wildman–Crippen MR) is 121 cm³/mol. The number of nitrogens with one attached hydrogen (secondary N) is 2. The summed E-state index contributed by atoms with van der Waals surface area (Å²) in [5.41, 5.74) is 0.649. The molecule has 4 aromatic rings. The van der Waals surface area contributed by atoms with Crippen LogP contribution in [0.15, 0.2) is 70.4 Å². The largest absolute Gasteiger partial charge is 0.445 e. The molecule has 0 saturated carbocycles. The van der Waals surface area contributed by atoms with Crippen molar-refractivity contribution in [2.45, 2.75) is 17.8 Å². The van der Waals surface area contributed by atoms with Crippen LogP contribution in [-0.2, 0) is 27.4 Å². The zero-order valence-electron chi connectivity index (χ0n) is 18.3. The number of nitrogens with zero attached hydrogens (tertiary/aromatic N) is 2. The molecule has 2 aromatic heterocycles. The Balaban J connectivity index is 1.30. The molecule has 2 N–H and O–H groups in total. The number of carbonyl (C=O) groups excluding carboxylic acids is 1. The van der Waals surface area contributed by atoms with Crippen LogP contribution < -0.4 is 10.6 Å². The van der Waals surface area contributed by atoms with Crippen LogP contribution >= 0.6 is 0 Å². The number of alkyl halides is 3. The fourth-order valence-electron chi connectivity index (χ4n) is 3.25. The van der Waals surface area contributed by atoms with Gasteiger partial charge in [0.25, 0.3) is 0 Å². The molecule has 36 heavy (non-hydrogen) atoms. The summed E-state index contributed by atoms with van der Waals surface area (Å²) in [6.07, 6.45) is -3.23. The van der Waals surface area contributed by atoms with Crippen LogP contribution in [0.1, 0.15) is 11.3 Å². The van der Waals surface area contributed by atoms with Crippen LogP contribution in [0.3, 0.4) is 0 Å². The van der Waals surface area contributed by atoms with Gasteiger partial charge in [-0.15, -0.1) is 0 Å². The Labute approximate surface area is 202 Å². The van der Waals surface area contributed by atoms with Crippen molar-refractivity contribution in [1.29, 1.82) is 0 Å². The van der Waals surface area contributed by atoms with Crippen molar-refractivity contribution in [2.24, 2.45) is 0 Å². The van der Waals surface area contributed by atoms with E-state index in [0.29, 0.717) is 22.3 Å². The summed E-state index contributed by atoms with van der Waals surface area (Å²) in [6.45, 7) is -0.344. The minimum atomic E-state index is -4.45. The van der Waals surface area contributed by atoms with E-state index in [0.717, 1.165) is 24.3 Å². The van der Waals surface area contributed by atoms with E-state index in [2.05, 4.69) is 20.6 Å². The Morgan fingerprint density at radius 1 is 1.00 bits per heavy atom. The molecule has 1 amide bonds. The number of benzene rings is 2. The molecule has 0 radical (unpaired) electrons. The van der Waals surface area contributed by atoms with Gasteiger partial charge in [0.2, 0.25) is 20.8 Å². The van der Waals surface area contributed by atoms with E-state index in [1.807, 2.05) is 0 Å². The standard InChI is InChI=1S/C23H18F4N4O4S/c24-17-5-6-20-15(7-17)8-22(35-20)36(33,34)13-28-11-21(32)29-10-18-9-19(31-12-30-18)14-1-3-16(4-2-14)23(25,26)27/h1-9,12,28H,10-11,13H2,(H,29,32). The van der Waals surface area contributed by atoms with Crippen molar-refractivity contribution in [3.05, 3.63) is 78.0 Å². The molecular formula is C23H18F4N4O4S. The first-order chi connectivity index (χ1) is 17.0. The lowest BCUT2D eigenvalue weighted by atomic mass is 10.1. The van der Waals surface area contributed by atoms with E-state index in [4.69, 9.17) is 4.42 Å². The maximum absolute atomic E-state index is 13.3. The molecule has 0 aliphatic carbocycles. The minimum absolute atomic E-state index is 0.0153. The maximum Gasteiger partial charge on any atom is 0.416 e. The number of sulfone groups is 1. The van der Waals surface area contributed by atoms with Gasteiger partial charge in [0.1, 0.15) is 23.6 Å². The number of amides is 1. The van der Waals surface area contributed by atoms with Gasteiger partial charge in [0, 0.05) is 17.0 Å². The lowest BCUT2D eigenvalue weighted by Crippen LogP contribution is -2.36. The number of halogens is 4. The predicted octanol–water partition coefficient (Wildman–Crippen LogP) is 3.68. The summed E-state index contributed by atoms with van der Waals surface area (Å²) in [5.74, 6) is -1.64. The summed E-state index contributed by atoms with van der Waals surface area (Å²) in [6, 6.07) is 10.8. The number of aromatic nitrogens is 2. The number of fused-ring (bicyclic) bond motifs is 1. The number of carbonyl (C=O) groups is 1. The van der Waals surface area contributed by atoms with Gasteiger partial charge in [-0.05, 0) is 36.4 Å². The number of rotatable bonds is 8. The van der Waals surface area contributed by atoms with Crippen LogP contribution in [0.4, 0.5) is 17.6 Å². The molecular weight excluding hydrogens is 504 g/mol. The molecule has 0 fully saturated rings. The van der Waals surface area contributed by atoms with Crippen LogP contribution in [-0.4, -0.2) is 36.7 Å². The van der Waals surface area contributed by atoms with Crippen LogP contribution in [0.25, 0.3) is 22.2 Å². The van der Waals surface area contributed by atoms with E-state index in [1.165, 1.54) is 36.7 Å². The third-order valence-electron chi connectivity index (χ3n) is 5.04. The Bertz CT molecular complexity index is 1500. The Hall–Kier alpha value is -3.84. The molecule has 2 heterocycles. The molecule has 0 bridgehead atoms. The summed E-state index contributed by atoms with van der Waals surface area (Å²) in [5, 5.41) is 5.02. The maximum atomic E-state index is 13.3. The molecule has 0 unspecified atom stereocenters. The highest BCUT2D eigenvalue weighted by Crippen LogP contribution is 2.30. The smallest absolute Gasteiger partial charge is 0.416 e. The Morgan fingerprint density at radius 3 is 2.47 bits per heavy atom. The average molecular weight is 522 g/mol. The van der Waals surface area contributed by atoms with Gasteiger partial charge in [0.05, 0.1) is 30.0 Å². The second-order valence-electron chi connectivity index (χ2n) is 7.68. The van der Waals surface area contributed by atoms with Crippen LogP contribution in [0.5, 0.6) is 0 Å². The second-order valence-corrected chi connectivity index (χ2v) is 9.60. The summed E-state index contributed by atoms with van der Waals surface area (Å²) in [7, 11) is -3.92. The van der Waals surface area contributed by atoms with Gasteiger partial charge >= 0.3 is 6.18 Å². The topological polar surface area (TPSA) is 114 Å². The van der Waals surface area contributed by atoms with E-state index < -0.39 is 39.2 Å². The molecule has 2 aromatic carbocycles. The quantitative estimate of drug-likeness (QED) is 0.339. The highest BCUT2D eigenvalue weighted by atomic mass is 32.2. The monoisotopic (exact) mass is 522 g/mol. The minimum Gasteiger partial charge on any atom is -0.445 e. The Morgan fingerprint density at radius 2 is 1.75 bits per heavy atom. The molecule has 0 spiro atoms. The fraction of sp³-hybridized carbons (Fsp3) is 0.174. The third kappa shape index (κ3) is 6.04. The van der Waals surface area contributed by atoms with Gasteiger partial charge < -0.3 is 9.73 Å². The molecule has 8 nitrogen and oxygen atoms in total. The molecule has 188 valence electrons. The lowest BCUT2D eigenvalue weighted by molar-refractivity contribution is -0.137.